The lowest BCUT2D eigenvalue weighted by Crippen LogP contribution is -2.31. The van der Waals surface area contributed by atoms with E-state index in [4.69, 9.17) is 0 Å². The highest BCUT2D eigenvalue weighted by molar-refractivity contribution is 9.10. The molecule has 2 aromatic carbocycles. The van der Waals surface area contributed by atoms with Gasteiger partial charge in [0.15, 0.2) is 0 Å². The molecule has 0 aliphatic rings. The number of amides is 1. The van der Waals surface area contributed by atoms with Crippen molar-refractivity contribution in [2.45, 2.75) is 6.04 Å². The van der Waals surface area contributed by atoms with Gasteiger partial charge in [-0.3, -0.25) is 4.79 Å². The summed E-state index contributed by atoms with van der Waals surface area (Å²) < 4.78 is 0.806. The van der Waals surface area contributed by atoms with Gasteiger partial charge in [0.25, 0.3) is 5.91 Å². The molecule has 0 aliphatic carbocycles. The van der Waals surface area contributed by atoms with Gasteiger partial charge in [-0.2, -0.15) is 0 Å². The van der Waals surface area contributed by atoms with Crippen molar-refractivity contribution in [3.8, 4) is 0 Å². The molecule has 0 saturated carbocycles. The Morgan fingerprint density at radius 1 is 1.08 bits per heavy atom. The first-order valence-corrected chi connectivity index (χ1v) is 9.95. The van der Waals surface area contributed by atoms with Crippen molar-refractivity contribution in [2.24, 2.45) is 0 Å². The summed E-state index contributed by atoms with van der Waals surface area (Å²) in [6.07, 6.45) is 2.01. The third-order valence-corrected chi connectivity index (χ3v) is 6.16. The summed E-state index contributed by atoms with van der Waals surface area (Å²) in [5, 5.41) is 3.19. The topological polar surface area (TPSA) is 36.1 Å². The number of benzene rings is 2. The lowest BCUT2D eigenvalue weighted by Gasteiger charge is -2.28. The number of thiophene rings is 1. The van der Waals surface area contributed by atoms with E-state index in [2.05, 4.69) is 39.1 Å². The normalized spacial score (nSPS) is 12.2. The van der Waals surface area contributed by atoms with Crippen molar-refractivity contribution >= 4 is 44.1 Å². The standard InChI is InChI=1S/C21H17BrN2OS/c1-24(21(25)15-8-2-4-9-17(15)22)20(19-11-6-12-26-19)16-13-23-18-10-5-3-7-14(16)18/h2-13,20,23H,1H3/t20-/m1/s1. The van der Waals surface area contributed by atoms with Crippen LogP contribution in [0.3, 0.4) is 0 Å². The van der Waals surface area contributed by atoms with Crippen molar-refractivity contribution in [3.05, 3.63) is 92.7 Å². The Hall–Kier alpha value is -2.37. The number of H-pyrrole nitrogens is 1. The van der Waals surface area contributed by atoms with Gasteiger partial charge in [-0.25, -0.2) is 0 Å². The minimum absolute atomic E-state index is 0.0128. The van der Waals surface area contributed by atoms with E-state index in [0.29, 0.717) is 5.56 Å². The van der Waals surface area contributed by atoms with Gasteiger partial charge in [0, 0.05) is 39.1 Å². The van der Waals surface area contributed by atoms with Crippen LogP contribution in [0.1, 0.15) is 26.8 Å². The van der Waals surface area contributed by atoms with Crippen molar-refractivity contribution in [1.29, 1.82) is 0 Å². The first-order valence-electron chi connectivity index (χ1n) is 8.28. The van der Waals surface area contributed by atoms with E-state index in [1.165, 1.54) is 0 Å². The fourth-order valence-corrected chi connectivity index (χ4v) is 4.60. The van der Waals surface area contributed by atoms with Gasteiger partial charge in [-0.1, -0.05) is 36.4 Å². The second-order valence-corrected chi connectivity index (χ2v) is 7.94. The highest BCUT2D eigenvalue weighted by Gasteiger charge is 2.28. The Morgan fingerprint density at radius 2 is 1.85 bits per heavy atom. The second kappa shape index (κ2) is 7.09. The van der Waals surface area contributed by atoms with Gasteiger partial charge in [0.05, 0.1) is 11.6 Å². The molecular formula is C21H17BrN2OS. The summed E-state index contributed by atoms with van der Waals surface area (Å²) in [6.45, 7) is 0. The zero-order valence-electron chi connectivity index (χ0n) is 14.1. The van der Waals surface area contributed by atoms with Crippen LogP contribution < -0.4 is 0 Å². The van der Waals surface area contributed by atoms with Crippen LogP contribution in [0.25, 0.3) is 10.9 Å². The zero-order chi connectivity index (χ0) is 18.1. The van der Waals surface area contributed by atoms with Crippen molar-refractivity contribution in [3.63, 3.8) is 0 Å². The summed E-state index contributed by atoms with van der Waals surface area (Å²) in [5.41, 5.74) is 2.84. The SMILES string of the molecule is CN(C(=O)c1ccccc1Br)[C@@H](c1cccs1)c1c[nH]c2ccccc12. The summed E-state index contributed by atoms with van der Waals surface area (Å²) in [7, 11) is 1.87. The van der Waals surface area contributed by atoms with Gasteiger partial charge >= 0.3 is 0 Å². The Balaban J connectivity index is 1.82. The fourth-order valence-electron chi connectivity index (χ4n) is 3.26. The maximum atomic E-state index is 13.2. The molecule has 1 N–H and O–H groups in total. The molecule has 4 rings (SSSR count). The Morgan fingerprint density at radius 3 is 2.62 bits per heavy atom. The van der Waals surface area contributed by atoms with E-state index in [-0.39, 0.29) is 11.9 Å². The second-order valence-electron chi connectivity index (χ2n) is 6.10. The maximum Gasteiger partial charge on any atom is 0.255 e. The molecule has 0 fully saturated rings. The van der Waals surface area contributed by atoms with Crippen LogP contribution in [0.4, 0.5) is 0 Å². The van der Waals surface area contributed by atoms with Gasteiger partial charge < -0.3 is 9.88 Å². The minimum Gasteiger partial charge on any atom is -0.361 e. The first-order chi connectivity index (χ1) is 12.7. The number of rotatable bonds is 4. The summed E-state index contributed by atoms with van der Waals surface area (Å²) >= 11 is 5.16. The maximum absolute atomic E-state index is 13.2. The molecule has 2 aromatic heterocycles. The molecule has 0 radical (unpaired) electrons. The number of hydrogen-bond acceptors (Lipinski definition) is 2. The molecule has 5 heteroatoms. The number of aromatic nitrogens is 1. The average Bonchev–Trinajstić information content (AvgIpc) is 3.33. The van der Waals surface area contributed by atoms with E-state index >= 15 is 0 Å². The number of hydrogen-bond donors (Lipinski definition) is 1. The third kappa shape index (κ3) is 2.97. The molecule has 3 nitrogen and oxygen atoms in total. The summed E-state index contributed by atoms with van der Waals surface area (Å²) in [5.74, 6) is -0.0128. The van der Waals surface area contributed by atoms with Crippen molar-refractivity contribution in [1.82, 2.24) is 9.88 Å². The van der Waals surface area contributed by atoms with Crippen LogP contribution in [0, 0.1) is 0 Å². The van der Waals surface area contributed by atoms with E-state index in [0.717, 1.165) is 25.8 Å². The third-order valence-electron chi connectivity index (χ3n) is 4.54. The van der Waals surface area contributed by atoms with Crippen LogP contribution >= 0.6 is 27.3 Å². The van der Waals surface area contributed by atoms with Gasteiger partial charge in [0.2, 0.25) is 0 Å². The molecule has 0 saturated heterocycles. The van der Waals surface area contributed by atoms with Crippen LogP contribution in [0.2, 0.25) is 0 Å². The Kier molecular flexibility index (Phi) is 4.66. The number of nitrogens with one attached hydrogen (secondary N) is 1. The molecule has 4 aromatic rings. The molecule has 0 spiro atoms. The highest BCUT2D eigenvalue weighted by Crippen LogP contribution is 2.36. The predicted octanol–water partition coefficient (Wildman–Crippen LogP) is 5.85. The van der Waals surface area contributed by atoms with Gasteiger partial charge in [0.1, 0.15) is 0 Å². The first kappa shape index (κ1) is 17.1. The molecule has 0 unspecified atom stereocenters. The van der Waals surface area contributed by atoms with E-state index in [1.807, 2.05) is 66.0 Å². The molecule has 130 valence electrons. The molecule has 1 amide bonds. The summed E-state index contributed by atoms with van der Waals surface area (Å²) in [6, 6.07) is 19.7. The van der Waals surface area contributed by atoms with Crippen molar-refractivity contribution in [2.75, 3.05) is 7.05 Å². The zero-order valence-corrected chi connectivity index (χ0v) is 16.5. The van der Waals surface area contributed by atoms with Gasteiger partial charge in [-0.05, 0) is 45.6 Å². The van der Waals surface area contributed by atoms with Crippen LogP contribution in [-0.2, 0) is 0 Å². The van der Waals surface area contributed by atoms with E-state index in [9.17, 15) is 4.79 Å². The number of aromatic amines is 1. The summed E-state index contributed by atoms with van der Waals surface area (Å²) in [4.78, 5) is 19.5. The predicted molar refractivity (Wildman–Crippen MR) is 111 cm³/mol. The monoisotopic (exact) mass is 424 g/mol. The average molecular weight is 425 g/mol. The van der Waals surface area contributed by atoms with Crippen molar-refractivity contribution < 1.29 is 4.79 Å². The lowest BCUT2D eigenvalue weighted by atomic mass is 10.0. The number of fused-ring (bicyclic) bond motifs is 1. The fraction of sp³-hybridized carbons (Fsp3) is 0.0952. The molecule has 0 aliphatic heterocycles. The van der Waals surface area contributed by atoms with Crippen LogP contribution in [0.5, 0.6) is 0 Å². The molecule has 2 heterocycles. The number of para-hydroxylation sites is 1. The Labute approximate surface area is 164 Å². The number of carbonyl (C=O) groups excluding carboxylic acids is 1. The molecular weight excluding hydrogens is 408 g/mol. The highest BCUT2D eigenvalue weighted by atomic mass is 79.9. The smallest absolute Gasteiger partial charge is 0.255 e. The number of nitrogens with zero attached hydrogens (tertiary/aromatic N) is 1. The minimum atomic E-state index is -0.147. The largest absolute Gasteiger partial charge is 0.361 e. The van der Waals surface area contributed by atoms with E-state index in [1.54, 1.807) is 11.3 Å². The number of halogens is 1. The van der Waals surface area contributed by atoms with Crippen LogP contribution in [-0.4, -0.2) is 22.8 Å². The number of carbonyl (C=O) groups is 1. The quantitative estimate of drug-likeness (QED) is 0.437. The molecule has 0 bridgehead atoms. The molecule has 1 atom stereocenters. The van der Waals surface area contributed by atoms with Crippen LogP contribution in [0.15, 0.2) is 76.7 Å². The van der Waals surface area contributed by atoms with E-state index < -0.39 is 0 Å². The lowest BCUT2D eigenvalue weighted by molar-refractivity contribution is 0.0757. The molecule has 26 heavy (non-hydrogen) atoms. The Bertz CT molecular complexity index is 1050. The van der Waals surface area contributed by atoms with Gasteiger partial charge in [-0.15, -0.1) is 11.3 Å².